The lowest BCUT2D eigenvalue weighted by Crippen LogP contribution is -2.19. The van der Waals surface area contributed by atoms with Gasteiger partial charge in [-0.15, -0.1) is 0 Å². The van der Waals surface area contributed by atoms with Crippen molar-refractivity contribution in [2.45, 2.75) is 53.8 Å². The Kier molecular flexibility index (Phi) is 5.50. The second-order valence-electron chi connectivity index (χ2n) is 5.86. The largest absolute Gasteiger partial charge is 0.312 e. The van der Waals surface area contributed by atoms with Crippen LogP contribution in [-0.2, 0) is 19.6 Å². The Balaban J connectivity index is 1.99. The molecule has 0 spiro atoms. The summed E-state index contributed by atoms with van der Waals surface area (Å²) < 4.78 is 3.91. The maximum absolute atomic E-state index is 4.58. The molecule has 0 saturated heterocycles. The summed E-state index contributed by atoms with van der Waals surface area (Å²) in [5, 5.41) is 12.3. The fourth-order valence-corrected chi connectivity index (χ4v) is 2.26. The molecule has 2 aromatic heterocycles. The second kappa shape index (κ2) is 7.36. The standard InChI is InChI=1S/C15H26N6/c1-5-6-21-15(17-11-18-21)10-20-9-14(13(4)19-20)8-16-7-12(2)3/h9,11-12,16H,5-8,10H2,1-4H3. The molecule has 0 saturated carbocycles. The summed E-state index contributed by atoms with van der Waals surface area (Å²) in [5.41, 5.74) is 2.32. The van der Waals surface area contributed by atoms with Crippen molar-refractivity contribution in [3.63, 3.8) is 0 Å². The molecule has 0 fully saturated rings. The monoisotopic (exact) mass is 290 g/mol. The molecular formula is C15H26N6. The van der Waals surface area contributed by atoms with E-state index in [4.69, 9.17) is 0 Å². The highest BCUT2D eigenvalue weighted by Crippen LogP contribution is 2.08. The normalized spacial score (nSPS) is 11.5. The molecule has 21 heavy (non-hydrogen) atoms. The average molecular weight is 290 g/mol. The summed E-state index contributed by atoms with van der Waals surface area (Å²) in [5.74, 6) is 1.62. The molecule has 0 unspecified atom stereocenters. The maximum atomic E-state index is 4.58. The summed E-state index contributed by atoms with van der Waals surface area (Å²) in [7, 11) is 0. The lowest BCUT2D eigenvalue weighted by atomic mass is 10.2. The first-order valence-corrected chi connectivity index (χ1v) is 7.70. The maximum Gasteiger partial charge on any atom is 0.148 e. The van der Waals surface area contributed by atoms with Crippen molar-refractivity contribution >= 4 is 0 Å². The van der Waals surface area contributed by atoms with Gasteiger partial charge in [-0.2, -0.15) is 10.2 Å². The molecule has 2 aromatic rings. The van der Waals surface area contributed by atoms with Crippen molar-refractivity contribution in [1.29, 1.82) is 0 Å². The number of hydrogen-bond acceptors (Lipinski definition) is 4. The van der Waals surface area contributed by atoms with Gasteiger partial charge in [0.15, 0.2) is 0 Å². The van der Waals surface area contributed by atoms with Gasteiger partial charge in [0.25, 0.3) is 0 Å². The third-order valence-electron chi connectivity index (χ3n) is 3.35. The van der Waals surface area contributed by atoms with Crippen LogP contribution in [-0.4, -0.2) is 31.1 Å². The Labute approximate surface area is 126 Å². The van der Waals surface area contributed by atoms with Crippen LogP contribution in [0, 0.1) is 12.8 Å². The van der Waals surface area contributed by atoms with Gasteiger partial charge in [-0.05, 0) is 25.8 Å². The molecule has 0 aromatic carbocycles. The van der Waals surface area contributed by atoms with Crippen LogP contribution in [0.5, 0.6) is 0 Å². The fourth-order valence-electron chi connectivity index (χ4n) is 2.26. The fraction of sp³-hybridized carbons (Fsp3) is 0.667. The quantitative estimate of drug-likeness (QED) is 0.807. The van der Waals surface area contributed by atoms with E-state index in [2.05, 4.69) is 54.4 Å². The average Bonchev–Trinajstić information content (AvgIpc) is 2.98. The summed E-state index contributed by atoms with van der Waals surface area (Å²) in [6.45, 7) is 12.1. The number of nitrogens with zero attached hydrogens (tertiary/aromatic N) is 5. The summed E-state index contributed by atoms with van der Waals surface area (Å²) in [4.78, 5) is 4.33. The van der Waals surface area contributed by atoms with Crippen LogP contribution in [0.2, 0.25) is 0 Å². The minimum absolute atomic E-state index is 0.660. The van der Waals surface area contributed by atoms with Gasteiger partial charge >= 0.3 is 0 Å². The molecule has 1 N–H and O–H groups in total. The van der Waals surface area contributed by atoms with E-state index < -0.39 is 0 Å². The Morgan fingerprint density at radius 3 is 2.86 bits per heavy atom. The number of nitrogens with one attached hydrogen (secondary N) is 1. The van der Waals surface area contributed by atoms with E-state index in [0.717, 1.165) is 37.6 Å². The summed E-state index contributed by atoms with van der Waals surface area (Å²) in [6.07, 6.45) is 4.78. The predicted octanol–water partition coefficient (Wildman–Crippen LogP) is 1.99. The lowest BCUT2D eigenvalue weighted by Gasteiger charge is -2.06. The van der Waals surface area contributed by atoms with Crippen LogP contribution in [0.1, 0.15) is 44.3 Å². The predicted molar refractivity (Wildman–Crippen MR) is 82.9 cm³/mol. The van der Waals surface area contributed by atoms with Gasteiger partial charge in [0.1, 0.15) is 18.7 Å². The number of aromatic nitrogens is 5. The zero-order chi connectivity index (χ0) is 15.2. The van der Waals surface area contributed by atoms with E-state index in [1.807, 2.05) is 9.36 Å². The van der Waals surface area contributed by atoms with E-state index in [1.165, 1.54) is 5.56 Å². The molecule has 0 aliphatic rings. The molecule has 0 atom stereocenters. The molecule has 0 aliphatic heterocycles. The first-order chi connectivity index (χ1) is 10.1. The highest BCUT2D eigenvalue weighted by Gasteiger charge is 2.09. The van der Waals surface area contributed by atoms with Crippen molar-refractivity contribution in [1.82, 2.24) is 29.9 Å². The Morgan fingerprint density at radius 2 is 2.14 bits per heavy atom. The zero-order valence-corrected chi connectivity index (χ0v) is 13.5. The molecule has 6 heteroatoms. The van der Waals surface area contributed by atoms with E-state index in [9.17, 15) is 0 Å². The topological polar surface area (TPSA) is 60.6 Å². The van der Waals surface area contributed by atoms with Crippen LogP contribution >= 0.6 is 0 Å². The van der Waals surface area contributed by atoms with Crippen LogP contribution in [0.25, 0.3) is 0 Å². The molecule has 0 bridgehead atoms. The van der Waals surface area contributed by atoms with Gasteiger partial charge in [-0.25, -0.2) is 9.67 Å². The van der Waals surface area contributed by atoms with Gasteiger partial charge in [0.05, 0.1) is 5.69 Å². The van der Waals surface area contributed by atoms with Crippen molar-refractivity contribution in [2.24, 2.45) is 5.92 Å². The molecule has 0 radical (unpaired) electrons. The van der Waals surface area contributed by atoms with Gasteiger partial charge < -0.3 is 5.32 Å². The van der Waals surface area contributed by atoms with Crippen molar-refractivity contribution < 1.29 is 0 Å². The van der Waals surface area contributed by atoms with E-state index >= 15 is 0 Å². The number of rotatable bonds is 8. The highest BCUT2D eigenvalue weighted by atomic mass is 15.4. The van der Waals surface area contributed by atoms with Crippen molar-refractivity contribution in [3.05, 3.63) is 29.6 Å². The smallest absolute Gasteiger partial charge is 0.148 e. The second-order valence-corrected chi connectivity index (χ2v) is 5.86. The van der Waals surface area contributed by atoms with E-state index in [1.54, 1.807) is 6.33 Å². The zero-order valence-electron chi connectivity index (χ0n) is 13.5. The van der Waals surface area contributed by atoms with E-state index in [0.29, 0.717) is 12.5 Å². The van der Waals surface area contributed by atoms with Crippen molar-refractivity contribution in [2.75, 3.05) is 6.54 Å². The summed E-state index contributed by atoms with van der Waals surface area (Å²) >= 11 is 0. The Morgan fingerprint density at radius 1 is 1.33 bits per heavy atom. The minimum Gasteiger partial charge on any atom is -0.312 e. The molecule has 116 valence electrons. The van der Waals surface area contributed by atoms with E-state index in [-0.39, 0.29) is 0 Å². The first-order valence-electron chi connectivity index (χ1n) is 7.70. The Bertz CT molecular complexity index is 554. The van der Waals surface area contributed by atoms with Gasteiger partial charge in [0.2, 0.25) is 0 Å². The first kappa shape index (κ1) is 15.7. The van der Waals surface area contributed by atoms with Crippen LogP contribution < -0.4 is 5.32 Å². The number of aryl methyl sites for hydroxylation is 2. The van der Waals surface area contributed by atoms with Crippen LogP contribution in [0.3, 0.4) is 0 Å². The molecule has 0 aliphatic carbocycles. The number of hydrogen-bond donors (Lipinski definition) is 1. The third kappa shape index (κ3) is 4.39. The van der Waals surface area contributed by atoms with Gasteiger partial charge in [-0.1, -0.05) is 20.8 Å². The lowest BCUT2D eigenvalue weighted by molar-refractivity contribution is 0.537. The third-order valence-corrected chi connectivity index (χ3v) is 3.35. The minimum atomic E-state index is 0.660. The Hall–Kier alpha value is -1.69. The molecule has 2 heterocycles. The molecule has 0 amide bonds. The molecular weight excluding hydrogens is 264 g/mol. The SMILES string of the molecule is CCCn1ncnc1Cn1cc(CNCC(C)C)c(C)n1. The van der Waals surface area contributed by atoms with Crippen LogP contribution in [0.4, 0.5) is 0 Å². The van der Waals surface area contributed by atoms with Gasteiger partial charge in [0, 0.05) is 24.8 Å². The molecule has 6 nitrogen and oxygen atoms in total. The highest BCUT2D eigenvalue weighted by molar-refractivity contribution is 5.15. The summed E-state index contributed by atoms with van der Waals surface area (Å²) in [6, 6.07) is 0. The molecule has 2 rings (SSSR count). The van der Waals surface area contributed by atoms with Crippen molar-refractivity contribution in [3.8, 4) is 0 Å². The van der Waals surface area contributed by atoms with Crippen LogP contribution in [0.15, 0.2) is 12.5 Å². The van der Waals surface area contributed by atoms with Gasteiger partial charge in [-0.3, -0.25) is 4.68 Å².